The molecule has 0 spiro atoms. The van der Waals surface area contributed by atoms with Crippen LogP contribution in [0.25, 0.3) is 0 Å². The van der Waals surface area contributed by atoms with Crippen LogP contribution < -0.4 is 0 Å². The molecule has 0 rings (SSSR count). The first-order chi connectivity index (χ1) is 4.95. The van der Waals surface area contributed by atoms with Crippen molar-refractivity contribution in [1.82, 2.24) is 0 Å². The van der Waals surface area contributed by atoms with E-state index in [4.69, 9.17) is 0 Å². The summed E-state index contributed by atoms with van der Waals surface area (Å²) in [5.41, 5.74) is 0. The first-order valence-electron chi connectivity index (χ1n) is 3.42. The highest BCUT2D eigenvalue weighted by Gasteiger charge is 2.02. The molecule has 1 unspecified atom stereocenters. The molecule has 0 heterocycles. The molecule has 0 bridgehead atoms. The van der Waals surface area contributed by atoms with Gasteiger partial charge in [-0.05, 0) is 12.3 Å². The Balaban J connectivity index is 3.51. The Bertz CT molecular complexity index is 206. The summed E-state index contributed by atoms with van der Waals surface area (Å²) in [6.45, 7) is 5.77. The van der Waals surface area contributed by atoms with E-state index in [-0.39, 0.29) is 6.61 Å². The molecule has 0 aliphatic rings. The fourth-order valence-electron chi connectivity index (χ4n) is 0.503. The standard InChI is InChI=1S/C7H14O3S/c1-4-7(2)5-6-10-11(3,8)9/h4,7H,1,5-6H2,2-3H3. The molecule has 4 heteroatoms. The summed E-state index contributed by atoms with van der Waals surface area (Å²) in [5.74, 6) is 0.303. The van der Waals surface area contributed by atoms with E-state index in [1.165, 1.54) is 0 Å². The fraction of sp³-hybridized carbons (Fsp3) is 0.714. The second-order valence-corrected chi connectivity index (χ2v) is 4.17. The second kappa shape index (κ2) is 4.51. The van der Waals surface area contributed by atoms with E-state index in [2.05, 4.69) is 10.8 Å². The lowest BCUT2D eigenvalue weighted by atomic mass is 10.1. The Labute approximate surface area is 68.2 Å². The number of allylic oxidation sites excluding steroid dienone is 1. The molecule has 1 atom stereocenters. The van der Waals surface area contributed by atoms with Crippen LogP contribution in [-0.4, -0.2) is 21.3 Å². The topological polar surface area (TPSA) is 43.4 Å². The van der Waals surface area contributed by atoms with Gasteiger partial charge < -0.3 is 0 Å². The van der Waals surface area contributed by atoms with Crippen molar-refractivity contribution in [3.63, 3.8) is 0 Å². The average molecular weight is 178 g/mol. The van der Waals surface area contributed by atoms with Crippen LogP contribution >= 0.6 is 0 Å². The van der Waals surface area contributed by atoms with Crippen LogP contribution in [0.2, 0.25) is 0 Å². The number of hydrogen-bond acceptors (Lipinski definition) is 3. The minimum Gasteiger partial charge on any atom is -0.270 e. The van der Waals surface area contributed by atoms with Crippen molar-refractivity contribution >= 4 is 10.1 Å². The smallest absolute Gasteiger partial charge is 0.264 e. The van der Waals surface area contributed by atoms with E-state index < -0.39 is 10.1 Å². The predicted molar refractivity (Wildman–Crippen MR) is 44.8 cm³/mol. The molecule has 0 saturated carbocycles. The highest BCUT2D eigenvalue weighted by molar-refractivity contribution is 7.85. The summed E-state index contributed by atoms with van der Waals surface area (Å²) in [6.07, 6.45) is 3.51. The van der Waals surface area contributed by atoms with Gasteiger partial charge in [-0.25, -0.2) is 0 Å². The van der Waals surface area contributed by atoms with Gasteiger partial charge in [0.1, 0.15) is 0 Å². The SMILES string of the molecule is C=CC(C)CCOS(C)(=O)=O. The summed E-state index contributed by atoms with van der Waals surface area (Å²) in [6, 6.07) is 0. The molecule has 0 aliphatic heterocycles. The Morgan fingerprint density at radius 3 is 2.55 bits per heavy atom. The van der Waals surface area contributed by atoms with Gasteiger partial charge in [0.15, 0.2) is 0 Å². The maximum atomic E-state index is 10.5. The van der Waals surface area contributed by atoms with Crippen molar-refractivity contribution in [1.29, 1.82) is 0 Å². The van der Waals surface area contributed by atoms with E-state index in [0.717, 1.165) is 6.26 Å². The van der Waals surface area contributed by atoms with Crippen molar-refractivity contribution in [2.24, 2.45) is 5.92 Å². The molecule has 0 aromatic carbocycles. The third kappa shape index (κ3) is 7.55. The summed E-state index contributed by atoms with van der Waals surface area (Å²) < 4.78 is 25.4. The van der Waals surface area contributed by atoms with Gasteiger partial charge in [-0.3, -0.25) is 4.18 Å². The molecule has 0 fully saturated rings. The average Bonchev–Trinajstić information content (AvgIpc) is 1.85. The van der Waals surface area contributed by atoms with Gasteiger partial charge in [-0.2, -0.15) is 8.42 Å². The van der Waals surface area contributed by atoms with Crippen LogP contribution in [0.5, 0.6) is 0 Å². The van der Waals surface area contributed by atoms with Gasteiger partial charge in [0.25, 0.3) is 10.1 Å². The molecule has 0 aromatic rings. The van der Waals surface area contributed by atoms with Gasteiger partial charge in [-0.1, -0.05) is 13.0 Å². The lowest BCUT2D eigenvalue weighted by Gasteiger charge is -2.03. The highest BCUT2D eigenvalue weighted by atomic mass is 32.2. The summed E-state index contributed by atoms with van der Waals surface area (Å²) in [5, 5.41) is 0. The first-order valence-corrected chi connectivity index (χ1v) is 5.24. The zero-order chi connectivity index (χ0) is 8.91. The zero-order valence-corrected chi connectivity index (χ0v) is 7.73. The maximum absolute atomic E-state index is 10.5. The van der Waals surface area contributed by atoms with Gasteiger partial charge >= 0.3 is 0 Å². The molecule has 0 saturated heterocycles. The minimum atomic E-state index is -3.26. The van der Waals surface area contributed by atoms with Crippen LogP contribution in [0.3, 0.4) is 0 Å². The third-order valence-electron chi connectivity index (χ3n) is 1.27. The molecular weight excluding hydrogens is 164 g/mol. The molecule has 0 amide bonds. The van der Waals surface area contributed by atoms with Crippen molar-refractivity contribution in [2.75, 3.05) is 12.9 Å². The van der Waals surface area contributed by atoms with Crippen molar-refractivity contribution < 1.29 is 12.6 Å². The summed E-state index contributed by atoms with van der Waals surface area (Å²) in [7, 11) is -3.26. The molecule has 0 aliphatic carbocycles. The van der Waals surface area contributed by atoms with E-state index in [0.29, 0.717) is 12.3 Å². The zero-order valence-electron chi connectivity index (χ0n) is 6.91. The van der Waals surface area contributed by atoms with Crippen molar-refractivity contribution in [3.8, 4) is 0 Å². The van der Waals surface area contributed by atoms with Gasteiger partial charge in [0.05, 0.1) is 12.9 Å². The molecule has 0 aromatic heterocycles. The Morgan fingerprint density at radius 2 is 2.18 bits per heavy atom. The van der Waals surface area contributed by atoms with Crippen LogP contribution in [0.15, 0.2) is 12.7 Å². The lowest BCUT2D eigenvalue weighted by Crippen LogP contribution is -2.06. The molecule has 66 valence electrons. The van der Waals surface area contributed by atoms with Crippen molar-refractivity contribution in [3.05, 3.63) is 12.7 Å². The first kappa shape index (κ1) is 10.7. The second-order valence-electron chi connectivity index (χ2n) is 2.53. The third-order valence-corrected chi connectivity index (χ3v) is 1.87. The van der Waals surface area contributed by atoms with Crippen molar-refractivity contribution in [2.45, 2.75) is 13.3 Å². The highest BCUT2D eigenvalue weighted by Crippen LogP contribution is 2.03. The van der Waals surface area contributed by atoms with Crippen LogP contribution in [0, 0.1) is 5.92 Å². The Morgan fingerprint density at radius 1 is 1.64 bits per heavy atom. The van der Waals surface area contributed by atoms with E-state index in [1.807, 2.05) is 6.92 Å². The van der Waals surface area contributed by atoms with E-state index >= 15 is 0 Å². The quantitative estimate of drug-likeness (QED) is 0.469. The minimum absolute atomic E-state index is 0.242. The lowest BCUT2D eigenvalue weighted by molar-refractivity contribution is 0.302. The number of rotatable bonds is 5. The van der Waals surface area contributed by atoms with Gasteiger partial charge in [0.2, 0.25) is 0 Å². The van der Waals surface area contributed by atoms with E-state index in [1.54, 1.807) is 6.08 Å². The summed E-state index contributed by atoms with van der Waals surface area (Å²) >= 11 is 0. The largest absolute Gasteiger partial charge is 0.270 e. The van der Waals surface area contributed by atoms with Gasteiger partial charge in [-0.15, -0.1) is 6.58 Å². The fourth-order valence-corrected chi connectivity index (χ4v) is 0.902. The van der Waals surface area contributed by atoms with Crippen LogP contribution in [-0.2, 0) is 14.3 Å². The molecule has 3 nitrogen and oxygen atoms in total. The number of hydrogen-bond donors (Lipinski definition) is 0. The summed E-state index contributed by atoms with van der Waals surface area (Å²) in [4.78, 5) is 0. The predicted octanol–water partition coefficient (Wildman–Crippen LogP) is 1.17. The molecule has 0 N–H and O–H groups in total. The molecular formula is C7H14O3S. The van der Waals surface area contributed by atoms with E-state index in [9.17, 15) is 8.42 Å². The molecule has 11 heavy (non-hydrogen) atoms. The maximum Gasteiger partial charge on any atom is 0.264 e. The normalized spacial score (nSPS) is 14.4. The van der Waals surface area contributed by atoms with Gasteiger partial charge in [0, 0.05) is 0 Å². The van der Waals surface area contributed by atoms with Crippen LogP contribution in [0.1, 0.15) is 13.3 Å². The molecule has 0 radical (unpaired) electrons. The Hall–Kier alpha value is -0.350. The van der Waals surface area contributed by atoms with Crippen LogP contribution in [0.4, 0.5) is 0 Å². The monoisotopic (exact) mass is 178 g/mol. The Kier molecular flexibility index (Phi) is 4.37.